The Morgan fingerprint density at radius 2 is 2.03 bits per heavy atom. The molecule has 0 aromatic heterocycles. The van der Waals surface area contributed by atoms with Crippen molar-refractivity contribution in [2.45, 2.75) is 24.3 Å². The van der Waals surface area contributed by atoms with Gasteiger partial charge in [0.15, 0.2) is 0 Å². The number of aliphatic hydroxyl groups is 2. The van der Waals surface area contributed by atoms with E-state index in [0.29, 0.717) is 11.3 Å². The number of nitrogens with zero attached hydrogens (tertiary/aromatic N) is 1. The molecule has 2 aromatic rings. The van der Waals surface area contributed by atoms with Crippen LogP contribution in [0.15, 0.2) is 47.4 Å². The zero-order valence-electron chi connectivity index (χ0n) is 15.9. The fourth-order valence-electron chi connectivity index (χ4n) is 3.26. The van der Waals surface area contributed by atoms with Crippen molar-refractivity contribution in [3.63, 3.8) is 0 Å². The van der Waals surface area contributed by atoms with Gasteiger partial charge in [-0.15, -0.1) is 0 Å². The molecule has 1 heterocycles. The summed E-state index contributed by atoms with van der Waals surface area (Å²) in [5.74, 6) is -1.45. The van der Waals surface area contributed by atoms with Crippen molar-refractivity contribution in [1.29, 1.82) is 0 Å². The van der Waals surface area contributed by atoms with Crippen molar-refractivity contribution in [1.82, 2.24) is 4.31 Å². The largest absolute Gasteiger partial charge is 0.396 e. The standard InChI is InChI=1S/C20H23FN2O5S/c1-13-9-16(5-6-18(13)21)22-20(26)14-3-2-4-17(10-14)29(27,28)23-8-7-19(25)15(11-23)12-24/h2-6,9-10,15,19,24-25H,7-8,11-12H2,1H3,(H,22,26). The molecule has 0 spiro atoms. The van der Waals surface area contributed by atoms with E-state index in [2.05, 4.69) is 5.32 Å². The third-order valence-electron chi connectivity index (χ3n) is 5.04. The minimum atomic E-state index is -3.89. The molecule has 1 aliphatic heterocycles. The Morgan fingerprint density at radius 3 is 2.72 bits per heavy atom. The molecule has 0 aliphatic carbocycles. The second-order valence-electron chi connectivity index (χ2n) is 7.11. The van der Waals surface area contributed by atoms with Crippen LogP contribution < -0.4 is 5.32 Å². The lowest BCUT2D eigenvalue weighted by Gasteiger charge is -2.34. The molecular formula is C20H23FN2O5S. The number of amides is 1. The van der Waals surface area contributed by atoms with Crippen molar-refractivity contribution >= 4 is 21.6 Å². The van der Waals surface area contributed by atoms with Crippen LogP contribution in [0, 0.1) is 18.7 Å². The maximum absolute atomic E-state index is 13.4. The smallest absolute Gasteiger partial charge is 0.255 e. The number of hydrogen-bond donors (Lipinski definition) is 3. The lowest BCUT2D eigenvalue weighted by molar-refractivity contribution is 0.0231. The Kier molecular flexibility index (Phi) is 6.33. The van der Waals surface area contributed by atoms with Crippen molar-refractivity contribution in [3.05, 3.63) is 59.4 Å². The van der Waals surface area contributed by atoms with Gasteiger partial charge in [0.05, 0.1) is 11.0 Å². The maximum atomic E-state index is 13.4. The summed E-state index contributed by atoms with van der Waals surface area (Å²) in [6, 6.07) is 9.79. The second-order valence-corrected chi connectivity index (χ2v) is 9.05. The normalized spacial score (nSPS) is 20.4. The van der Waals surface area contributed by atoms with E-state index in [0.717, 1.165) is 0 Å². The number of hydrogen-bond acceptors (Lipinski definition) is 5. The molecule has 1 aliphatic rings. The third kappa shape index (κ3) is 4.64. The van der Waals surface area contributed by atoms with Crippen LogP contribution in [-0.2, 0) is 10.0 Å². The van der Waals surface area contributed by atoms with Gasteiger partial charge in [0, 0.05) is 36.9 Å². The highest BCUT2D eigenvalue weighted by molar-refractivity contribution is 7.89. The van der Waals surface area contributed by atoms with E-state index < -0.39 is 28.0 Å². The molecule has 1 fully saturated rings. The molecule has 3 N–H and O–H groups in total. The Balaban J connectivity index is 1.81. The Labute approximate surface area is 168 Å². The summed E-state index contributed by atoms with van der Waals surface area (Å²) in [6.07, 6.45) is -0.517. The van der Waals surface area contributed by atoms with Gasteiger partial charge in [0.25, 0.3) is 5.91 Å². The van der Waals surface area contributed by atoms with Crippen LogP contribution in [-0.4, -0.2) is 54.6 Å². The number of carbonyl (C=O) groups excluding carboxylic acids is 1. The van der Waals surface area contributed by atoms with E-state index in [9.17, 15) is 27.8 Å². The van der Waals surface area contributed by atoms with Gasteiger partial charge in [-0.2, -0.15) is 4.31 Å². The summed E-state index contributed by atoms with van der Waals surface area (Å²) >= 11 is 0. The van der Waals surface area contributed by atoms with Gasteiger partial charge in [-0.1, -0.05) is 6.07 Å². The van der Waals surface area contributed by atoms with Crippen LogP contribution >= 0.6 is 0 Å². The summed E-state index contributed by atoms with van der Waals surface area (Å²) in [6.45, 7) is 1.40. The Morgan fingerprint density at radius 1 is 1.28 bits per heavy atom. The minimum absolute atomic E-state index is 0.00524. The number of rotatable bonds is 5. The number of aryl methyl sites for hydroxylation is 1. The predicted octanol–water partition coefficient (Wildman–Crippen LogP) is 1.75. The van der Waals surface area contributed by atoms with Gasteiger partial charge < -0.3 is 15.5 Å². The van der Waals surface area contributed by atoms with Crippen molar-refractivity contribution in [2.24, 2.45) is 5.92 Å². The first-order valence-electron chi connectivity index (χ1n) is 9.19. The first-order valence-corrected chi connectivity index (χ1v) is 10.6. The highest BCUT2D eigenvalue weighted by Crippen LogP contribution is 2.25. The first-order chi connectivity index (χ1) is 13.7. The van der Waals surface area contributed by atoms with Gasteiger partial charge in [-0.3, -0.25) is 4.79 Å². The first kappa shape index (κ1) is 21.4. The summed E-state index contributed by atoms with van der Waals surface area (Å²) in [5, 5.41) is 21.8. The molecule has 0 radical (unpaired) electrons. The van der Waals surface area contributed by atoms with Crippen LogP contribution in [0.25, 0.3) is 0 Å². The number of sulfonamides is 1. The average Bonchev–Trinajstić information content (AvgIpc) is 2.71. The molecule has 1 amide bonds. The fourth-order valence-corrected chi connectivity index (χ4v) is 4.81. The van der Waals surface area contributed by atoms with Gasteiger partial charge in [0.2, 0.25) is 10.0 Å². The number of aliphatic hydroxyl groups excluding tert-OH is 2. The predicted molar refractivity (Wildman–Crippen MR) is 105 cm³/mol. The molecule has 3 rings (SSSR count). The second kappa shape index (κ2) is 8.58. The lowest BCUT2D eigenvalue weighted by Crippen LogP contribution is -2.47. The van der Waals surface area contributed by atoms with E-state index in [1.165, 1.54) is 46.8 Å². The number of anilines is 1. The monoisotopic (exact) mass is 422 g/mol. The highest BCUT2D eigenvalue weighted by Gasteiger charge is 2.34. The highest BCUT2D eigenvalue weighted by atomic mass is 32.2. The third-order valence-corrected chi connectivity index (χ3v) is 6.90. The SMILES string of the molecule is Cc1cc(NC(=O)c2cccc(S(=O)(=O)N3CCC(O)C(CO)C3)c2)ccc1F. The molecule has 0 bridgehead atoms. The Hall–Kier alpha value is -2.33. The van der Waals surface area contributed by atoms with Crippen molar-refractivity contribution in [3.8, 4) is 0 Å². The number of benzene rings is 2. The molecule has 9 heteroatoms. The molecule has 7 nitrogen and oxygen atoms in total. The van der Waals surface area contributed by atoms with Crippen molar-refractivity contribution < 1.29 is 27.8 Å². The molecule has 2 unspecified atom stereocenters. The van der Waals surface area contributed by atoms with E-state index in [1.807, 2.05) is 0 Å². The summed E-state index contributed by atoms with van der Waals surface area (Å²) < 4.78 is 40.5. The van der Waals surface area contributed by atoms with Gasteiger partial charge >= 0.3 is 0 Å². The maximum Gasteiger partial charge on any atom is 0.255 e. The number of piperidine rings is 1. The minimum Gasteiger partial charge on any atom is -0.396 e. The number of nitrogens with one attached hydrogen (secondary N) is 1. The van der Waals surface area contributed by atoms with Gasteiger partial charge in [-0.25, -0.2) is 12.8 Å². The molecule has 156 valence electrons. The summed E-state index contributed by atoms with van der Waals surface area (Å²) in [7, 11) is -3.89. The van der Waals surface area contributed by atoms with E-state index >= 15 is 0 Å². The van der Waals surface area contributed by atoms with E-state index in [1.54, 1.807) is 6.92 Å². The molecule has 1 saturated heterocycles. The van der Waals surface area contributed by atoms with Gasteiger partial charge in [-0.05, 0) is 55.3 Å². The zero-order valence-corrected chi connectivity index (χ0v) is 16.7. The van der Waals surface area contributed by atoms with Crippen molar-refractivity contribution in [2.75, 3.05) is 25.0 Å². The summed E-state index contributed by atoms with van der Waals surface area (Å²) in [5.41, 5.74) is 0.923. The lowest BCUT2D eigenvalue weighted by atomic mass is 9.97. The van der Waals surface area contributed by atoms with Crippen LogP contribution in [0.5, 0.6) is 0 Å². The Bertz CT molecular complexity index is 1010. The average molecular weight is 422 g/mol. The fraction of sp³-hybridized carbons (Fsp3) is 0.350. The van der Waals surface area contributed by atoms with Crippen LogP contribution in [0.2, 0.25) is 0 Å². The van der Waals surface area contributed by atoms with Crippen LogP contribution in [0.4, 0.5) is 10.1 Å². The molecular weight excluding hydrogens is 399 g/mol. The molecule has 0 saturated carbocycles. The van der Waals surface area contributed by atoms with Crippen LogP contribution in [0.3, 0.4) is 0 Å². The van der Waals surface area contributed by atoms with E-state index in [4.69, 9.17) is 0 Å². The molecule has 2 atom stereocenters. The molecule has 29 heavy (non-hydrogen) atoms. The number of carbonyl (C=O) groups is 1. The topological polar surface area (TPSA) is 107 Å². The van der Waals surface area contributed by atoms with E-state index in [-0.39, 0.29) is 42.4 Å². The number of halogens is 1. The summed E-state index contributed by atoms with van der Waals surface area (Å²) in [4.78, 5) is 12.5. The van der Waals surface area contributed by atoms with Crippen LogP contribution in [0.1, 0.15) is 22.3 Å². The molecule has 2 aromatic carbocycles. The zero-order chi connectivity index (χ0) is 21.2. The quantitative estimate of drug-likeness (QED) is 0.681. The van der Waals surface area contributed by atoms with Gasteiger partial charge in [0.1, 0.15) is 5.82 Å².